The summed E-state index contributed by atoms with van der Waals surface area (Å²) >= 11 is 5.68. The molecule has 0 fully saturated rings. The van der Waals surface area contributed by atoms with Crippen LogP contribution >= 0.6 is 11.6 Å². The van der Waals surface area contributed by atoms with E-state index in [9.17, 15) is 22.8 Å². The summed E-state index contributed by atoms with van der Waals surface area (Å²) in [5.41, 5.74) is -1.71. The number of carbonyl (C=O) groups is 2. The molecule has 0 bridgehead atoms. The first-order valence-corrected chi connectivity index (χ1v) is 6.09. The summed E-state index contributed by atoms with van der Waals surface area (Å²) in [6.07, 6.45) is -3.92. The summed E-state index contributed by atoms with van der Waals surface area (Å²) in [4.78, 5) is 22.7. The molecule has 120 valence electrons. The topological polar surface area (TPSA) is 64.6 Å². The second-order valence-electron chi connectivity index (χ2n) is 3.86. The minimum absolute atomic E-state index is 0.211. The monoisotopic (exact) mass is 337 g/mol. The quantitative estimate of drug-likeness (QED) is 0.676. The van der Waals surface area contributed by atoms with Gasteiger partial charge in [0.15, 0.2) is 0 Å². The summed E-state index contributed by atoms with van der Waals surface area (Å²) < 4.78 is 47.1. The lowest BCUT2D eigenvalue weighted by Gasteiger charge is -2.14. The lowest BCUT2D eigenvalue weighted by molar-refractivity contribution is -0.138. The molecule has 1 N–H and O–H groups in total. The minimum Gasteiger partial charge on any atom is -0.466 e. The standard InChI is InChI=1S/C13H11ClF3NO4/c1-21-10(19)6-9(12(20)22-2)18-8-5-3-4-7(11(8)14)13(15,16)17/h3-6,18H,1-2H3/b9-6+. The minimum atomic E-state index is -4.66. The smallest absolute Gasteiger partial charge is 0.417 e. The zero-order valence-electron chi connectivity index (χ0n) is 11.5. The molecule has 0 heterocycles. The molecule has 5 nitrogen and oxygen atoms in total. The van der Waals surface area contributed by atoms with E-state index in [1.54, 1.807) is 0 Å². The van der Waals surface area contributed by atoms with E-state index >= 15 is 0 Å². The molecule has 0 atom stereocenters. The van der Waals surface area contributed by atoms with Gasteiger partial charge in [0.25, 0.3) is 0 Å². The van der Waals surface area contributed by atoms with Crippen molar-refractivity contribution in [3.8, 4) is 0 Å². The van der Waals surface area contributed by atoms with Gasteiger partial charge in [-0.3, -0.25) is 0 Å². The Hall–Kier alpha value is -2.22. The number of rotatable bonds is 4. The zero-order chi connectivity index (χ0) is 16.9. The van der Waals surface area contributed by atoms with Gasteiger partial charge in [0.05, 0.1) is 36.6 Å². The average Bonchev–Trinajstić information content (AvgIpc) is 2.46. The van der Waals surface area contributed by atoms with Crippen LogP contribution in [0.4, 0.5) is 18.9 Å². The second-order valence-corrected chi connectivity index (χ2v) is 4.24. The number of alkyl halides is 3. The Bertz CT molecular complexity index is 614. The van der Waals surface area contributed by atoms with Crippen LogP contribution in [-0.2, 0) is 25.2 Å². The molecule has 0 amide bonds. The number of carbonyl (C=O) groups excluding carboxylic acids is 2. The maximum absolute atomic E-state index is 12.8. The molecule has 0 aromatic heterocycles. The molecule has 0 unspecified atom stereocenters. The number of nitrogens with one attached hydrogen (secondary N) is 1. The molecule has 0 aliphatic carbocycles. The van der Waals surface area contributed by atoms with Crippen molar-refractivity contribution in [2.45, 2.75) is 6.18 Å². The maximum atomic E-state index is 12.8. The molecule has 0 spiro atoms. The Morgan fingerprint density at radius 2 is 1.86 bits per heavy atom. The van der Waals surface area contributed by atoms with Gasteiger partial charge in [-0.15, -0.1) is 0 Å². The fourth-order valence-electron chi connectivity index (χ4n) is 1.43. The highest BCUT2D eigenvalue weighted by atomic mass is 35.5. The molecule has 9 heteroatoms. The second kappa shape index (κ2) is 7.17. The Morgan fingerprint density at radius 3 is 2.36 bits per heavy atom. The molecule has 0 aliphatic heterocycles. The van der Waals surface area contributed by atoms with E-state index in [2.05, 4.69) is 14.8 Å². The van der Waals surface area contributed by atoms with Crippen LogP contribution in [0, 0.1) is 0 Å². The Balaban J connectivity index is 3.23. The number of esters is 2. The van der Waals surface area contributed by atoms with E-state index < -0.39 is 34.4 Å². The number of anilines is 1. The largest absolute Gasteiger partial charge is 0.466 e. The van der Waals surface area contributed by atoms with Gasteiger partial charge in [0.2, 0.25) is 0 Å². The van der Waals surface area contributed by atoms with Gasteiger partial charge < -0.3 is 14.8 Å². The SMILES string of the molecule is COC(=O)/C=C(/Nc1cccc(C(F)(F)F)c1Cl)C(=O)OC. The number of hydrogen-bond donors (Lipinski definition) is 1. The van der Waals surface area contributed by atoms with Crippen LogP contribution in [0.15, 0.2) is 30.0 Å². The van der Waals surface area contributed by atoms with Crippen LogP contribution in [0.5, 0.6) is 0 Å². The molecule has 0 saturated carbocycles. The third kappa shape index (κ3) is 4.39. The fraction of sp³-hybridized carbons (Fsp3) is 0.231. The van der Waals surface area contributed by atoms with Crippen LogP contribution in [0.2, 0.25) is 5.02 Å². The molecule has 0 saturated heterocycles. The number of hydrogen-bond acceptors (Lipinski definition) is 5. The Morgan fingerprint density at radius 1 is 1.23 bits per heavy atom. The number of benzene rings is 1. The van der Waals surface area contributed by atoms with Crippen LogP contribution in [-0.4, -0.2) is 26.2 Å². The van der Waals surface area contributed by atoms with E-state index in [-0.39, 0.29) is 5.69 Å². The van der Waals surface area contributed by atoms with Gasteiger partial charge in [-0.1, -0.05) is 17.7 Å². The predicted octanol–water partition coefficient (Wildman–Crippen LogP) is 3.00. The third-order valence-corrected chi connectivity index (χ3v) is 2.85. The van der Waals surface area contributed by atoms with Gasteiger partial charge in [-0.05, 0) is 12.1 Å². The van der Waals surface area contributed by atoms with Crippen molar-refractivity contribution < 1.29 is 32.2 Å². The van der Waals surface area contributed by atoms with Gasteiger partial charge in [0.1, 0.15) is 5.70 Å². The van der Waals surface area contributed by atoms with E-state index in [0.29, 0.717) is 0 Å². The van der Waals surface area contributed by atoms with Crippen molar-refractivity contribution in [3.05, 3.63) is 40.6 Å². The fourth-order valence-corrected chi connectivity index (χ4v) is 1.71. The van der Waals surface area contributed by atoms with Crippen LogP contribution in [0.3, 0.4) is 0 Å². The van der Waals surface area contributed by atoms with Crippen molar-refractivity contribution in [3.63, 3.8) is 0 Å². The summed E-state index contributed by atoms with van der Waals surface area (Å²) in [6.45, 7) is 0. The summed E-state index contributed by atoms with van der Waals surface area (Å²) in [5, 5.41) is 1.69. The van der Waals surface area contributed by atoms with Crippen molar-refractivity contribution in [2.24, 2.45) is 0 Å². The van der Waals surface area contributed by atoms with E-state index in [0.717, 1.165) is 32.4 Å². The van der Waals surface area contributed by atoms with Crippen LogP contribution in [0.25, 0.3) is 0 Å². The molecule has 1 aromatic rings. The van der Waals surface area contributed by atoms with Gasteiger partial charge >= 0.3 is 18.1 Å². The van der Waals surface area contributed by atoms with Crippen LogP contribution < -0.4 is 5.32 Å². The van der Waals surface area contributed by atoms with Crippen molar-refractivity contribution in [2.75, 3.05) is 19.5 Å². The van der Waals surface area contributed by atoms with Gasteiger partial charge in [0, 0.05) is 0 Å². The molecule has 0 radical (unpaired) electrons. The predicted molar refractivity (Wildman–Crippen MR) is 72.2 cm³/mol. The van der Waals surface area contributed by atoms with Crippen molar-refractivity contribution >= 4 is 29.2 Å². The highest BCUT2D eigenvalue weighted by molar-refractivity contribution is 6.34. The van der Waals surface area contributed by atoms with E-state index in [1.165, 1.54) is 6.07 Å². The van der Waals surface area contributed by atoms with Crippen LogP contribution in [0.1, 0.15) is 5.56 Å². The van der Waals surface area contributed by atoms with Gasteiger partial charge in [-0.2, -0.15) is 13.2 Å². The molecule has 1 rings (SSSR count). The maximum Gasteiger partial charge on any atom is 0.417 e. The summed E-state index contributed by atoms with van der Waals surface area (Å²) in [7, 11) is 2.12. The van der Waals surface area contributed by atoms with Gasteiger partial charge in [-0.25, -0.2) is 9.59 Å². The highest BCUT2D eigenvalue weighted by Crippen LogP contribution is 2.38. The first-order valence-electron chi connectivity index (χ1n) is 5.71. The molecule has 22 heavy (non-hydrogen) atoms. The molecular weight excluding hydrogens is 327 g/mol. The third-order valence-electron chi connectivity index (χ3n) is 2.44. The lowest BCUT2D eigenvalue weighted by atomic mass is 10.2. The highest BCUT2D eigenvalue weighted by Gasteiger charge is 2.34. The molecule has 0 aliphatic rings. The molecular formula is C13H11ClF3NO4. The summed E-state index contributed by atoms with van der Waals surface area (Å²) in [6, 6.07) is 3.10. The van der Waals surface area contributed by atoms with E-state index in [1.807, 2.05) is 0 Å². The Kier molecular flexibility index (Phi) is 5.81. The zero-order valence-corrected chi connectivity index (χ0v) is 12.2. The normalized spacial score (nSPS) is 11.8. The van der Waals surface area contributed by atoms with E-state index in [4.69, 9.17) is 11.6 Å². The number of ether oxygens (including phenoxy) is 2. The molecule has 1 aromatic carbocycles. The summed E-state index contributed by atoms with van der Waals surface area (Å²) in [5.74, 6) is -1.87. The first-order chi connectivity index (χ1) is 10.2. The number of halogens is 4. The first kappa shape index (κ1) is 17.8. The van der Waals surface area contributed by atoms with Crippen molar-refractivity contribution in [1.82, 2.24) is 0 Å². The van der Waals surface area contributed by atoms with Crippen molar-refractivity contribution in [1.29, 1.82) is 0 Å². The number of methoxy groups -OCH3 is 2. The lowest BCUT2D eigenvalue weighted by Crippen LogP contribution is -2.16. The average molecular weight is 338 g/mol. The Labute approximate surface area is 128 Å².